The van der Waals surface area contributed by atoms with Gasteiger partial charge in [-0.3, -0.25) is 4.79 Å². The average Bonchev–Trinajstić information content (AvgIpc) is 2.27. The number of aliphatic imine (C=N–C) groups is 1. The van der Waals surface area contributed by atoms with Crippen LogP contribution >= 0.6 is 0 Å². The first-order valence-electron chi connectivity index (χ1n) is 5.49. The molecule has 0 bridgehead atoms. The molecule has 0 aromatic heterocycles. The summed E-state index contributed by atoms with van der Waals surface area (Å²) in [6.45, 7) is 1.55. The van der Waals surface area contributed by atoms with E-state index in [-0.39, 0.29) is 12.4 Å². The number of nitrogens with zero attached hydrogens (tertiary/aromatic N) is 1. The molecule has 4 N–H and O–H groups in total. The van der Waals surface area contributed by atoms with Crippen molar-refractivity contribution >= 4 is 11.9 Å². The van der Waals surface area contributed by atoms with Gasteiger partial charge in [-0.05, 0) is 18.1 Å². The molecule has 1 unspecified atom stereocenters. The molecule has 4 nitrogen and oxygen atoms in total. The Morgan fingerprint density at radius 2 is 2.00 bits per heavy atom. The van der Waals surface area contributed by atoms with Crippen LogP contribution in [0.15, 0.2) is 29.3 Å². The standard InChI is InChI=1S/C12H14F3N3O/c1-7(10(19)18-11(16)17)5-8-3-2-4-9(6-8)12(13,14)15/h2-4,6-7H,5H2,1H3,(H4,16,17,18,19). The van der Waals surface area contributed by atoms with Crippen LogP contribution < -0.4 is 11.5 Å². The number of hydrogen-bond acceptors (Lipinski definition) is 1. The van der Waals surface area contributed by atoms with Gasteiger partial charge in [-0.25, -0.2) is 0 Å². The number of benzene rings is 1. The van der Waals surface area contributed by atoms with Crippen molar-refractivity contribution in [1.82, 2.24) is 0 Å². The van der Waals surface area contributed by atoms with Crippen molar-refractivity contribution in [3.05, 3.63) is 35.4 Å². The Labute approximate surface area is 108 Å². The molecule has 19 heavy (non-hydrogen) atoms. The highest BCUT2D eigenvalue weighted by molar-refractivity contribution is 5.92. The summed E-state index contributed by atoms with van der Waals surface area (Å²) in [6, 6.07) is 4.82. The van der Waals surface area contributed by atoms with E-state index < -0.39 is 23.6 Å². The van der Waals surface area contributed by atoms with Gasteiger partial charge in [-0.2, -0.15) is 18.2 Å². The third-order valence-electron chi connectivity index (χ3n) is 2.46. The number of carbonyl (C=O) groups excluding carboxylic acids is 1. The number of halogens is 3. The van der Waals surface area contributed by atoms with Crippen LogP contribution in [0.5, 0.6) is 0 Å². The van der Waals surface area contributed by atoms with Crippen molar-refractivity contribution in [2.75, 3.05) is 0 Å². The summed E-state index contributed by atoms with van der Waals surface area (Å²) in [4.78, 5) is 14.8. The lowest BCUT2D eigenvalue weighted by Crippen LogP contribution is -2.26. The van der Waals surface area contributed by atoms with Gasteiger partial charge in [0.05, 0.1) is 5.56 Å². The summed E-state index contributed by atoms with van der Waals surface area (Å²) in [5.41, 5.74) is 9.79. The molecule has 0 aliphatic rings. The molecule has 0 heterocycles. The van der Waals surface area contributed by atoms with Crippen molar-refractivity contribution < 1.29 is 18.0 Å². The second-order valence-electron chi connectivity index (χ2n) is 4.18. The van der Waals surface area contributed by atoms with Gasteiger partial charge in [-0.1, -0.05) is 25.1 Å². The highest BCUT2D eigenvalue weighted by Gasteiger charge is 2.30. The minimum absolute atomic E-state index is 0.138. The van der Waals surface area contributed by atoms with E-state index in [4.69, 9.17) is 11.5 Å². The molecular formula is C12H14F3N3O. The summed E-state index contributed by atoms with van der Waals surface area (Å²) in [5.74, 6) is -1.51. The first-order valence-corrected chi connectivity index (χ1v) is 5.49. The largest absolute Gasteiger partial charge is 0.416 e. The van der Waals surface area contributed by atoms with Gasteiger partial charge in [0.2, 0.25) is 0 Å². The SMILES string of the molecule is CC(Cc1cccc(C(F)(F)F)c1)C(=O)N=C(N)N. The number of amides is 1. The molecule has 0 radical (unpaired) electrons. The molecule has 0 aliphatic carbocycles. The van der Waals surface area contributed by atoms with Crippen LogP contribution in [0.4, 0.5) is 13.2 Å². The fourth-order valence-electron chi connectivity index (χ4n) is 1.55. The van der Waals surface area contributed by atoms with Crippen molar-refractivity contribution in [1.29, 1.82) is 0 Å². The van der Waals surface area contributed by atoms with E-state index >= 15 is 0 Å². The maximum atomic E-state index is 12.5. The van der Waals surface area contributed by atoms with Gasteiger partial charge >= 0.3 is 6.18 Å². The topological polar surface area (TPSA) is 81.5 Å². The van der Waals surface area contributed by atoms with Crippen LogP contribution in [0.1, 0.15) is 18.1 Å². The molecule has 0 fully saturated rings. The molecule has 0 spiro atoms. The molecule has 1 aromatic rings. The zero-order valence-corrected chi connectivity index (χ0v) is 10.2. The molecule has 0 saturated heterocycles. The molecule has 0 saturated carbocycles. The number of alkyl halides is 3. The normalized spacial score (nSPS) is 12.8. The Kier molecular flexibility index (Phi) is 4.52. The predicted octanol–water partition coefficient (Wildman–Crippen LogP) is 1.68. The lowest BCUT2D eigenvalue weighted by molar-refractivity contribution is -0.137. The van der Waals surface area contributed by atoms with Crippen LogP contribution in [0, 0.1) is 5.92 Å². The van der Waals surface area contributed by atoms with Gasteiger partial charge in [0, 0.05) is 5.92 Å². The van der Waals surface area contributed by atoms with Crippen LogP contribution in [-0.2, 0) is 17.4 Å². The van der Waals surface area contributed by atoms with Gasteiger partial charge in [0.1, 0.15) is 0 Å². The maximum Gasteiger partial charge on any atom is 0.416 e. The fraction of sp³-hybridized carbons (Fsp3) is 0.333. The van der Waals surface area contributed by atoms with Crippen LogP contribution in [0.2, 0.25) is 0 Å². The molecule has 1 amide bonds. The van der Waals surface area contributed by atoms with E-state index in [0.29, 0.717) is 5.56 Å². The zero-order chi connectivity index (χ0) is 14.6. The highest BCUT2D eigenvalue weighted by Crippen LogP contribution is 2.30. The maximum absolute atomic E-state index is 12.5. The average molecular weight is 273 g/mol. The summed E-state index contributed by atoms with van der Waals surface area (Å²) in [7, 11) is 0. The second kappa shape index (κ2) is 5.73. The summed E-state index contributed by atoms with van der Waals surface area (Å²) >= 11 is 0. The number of carbonyl (C=O) groups is 1. The van der Waals surface area contributed by atoms with Crippen LogP contribution in [0.3, 0.4) is 0 Å². The first-order chi connectivity index (χ1) is 8.70. The minimum Gasteiger partial charge on any atom is -0.370 e. The molecule has 1 atom stereocenters. The van der Waals surface area contributed by atoms with Crippen molar-refractivity contribution in [3.8, 4) is 0 Å². The van der Waals surface area contributed by atoms with Crippen molar-refractivity contribution in [3.63, 3.8) is 0 Å². The smallest absolute Gasteiger partial charge is 0.370 e. The van der Waals surface area contributed by atoms with E-state index in [9.17, 15) is 18.0 Å². The highest BCUT2D eigenvalue weighted by atomic mass is 19.4. The third kappa shape index (κ3) is 4.61. The zero-order valence-electron chi connectivity index (χ0n) is 10.2. The monoisotopic (exact) mass is 273 g/mol. The van der Waals surface area contributed by atoms with Gasteiger partial charge < -0.3 is 11.5 Å². The lowest BCUT2D eigenvalue weighted by atomic mass is 9.99. The Morgan fingerprint density at radius 1 is 1.37 bits per heavy atom. The number of hydrogen-bond donors (Lipinski definition) is 2. The molecular weight excluding hydrogens is 259 g/mol. The Bertz CT molecular complexity index is 493. The van der Waals surface area contributed by atoms with Crippen molar-refractivity contribution in [2.24, 2.45) is 22.4 Å². The Morgan fingerprint density at radius 3 is 2.53 bits per heavy atom. The minimum atomic E-state index is -4.40. The summed E-state index contributed by atoms with van der Waals surface area (Å²) < 4.78 is 37.5. The summed E-state index contributed by atoms with van der Waals surface area (Å²) in [5, 5.41) is 0. The third-order valence-corrected chi connectivity index (χ3v) is 2.46. The Balaban J connectivity index is 2.83. The molecule has 1 rings (SSSR count). The van der Waals surface area contributed by atoms with E-state index in [1.54, 1.807) is 6.92 Å². The predicted molar refractivity (Wildman–Crippen MR) is 65.1 cm³/mol. The van der Waals surface area contributed by atoms with Gasteiger partial charge in [0.15, 0.2) is 5.96 Å². The molecule has 104 valence electrons. The number of rotatable bonds is 3. The lowest BCUT2D eigenvalue weighted by Gasteiger charge is -2.11. The summed E-state index contributed by atoms with van der Waals surface area (Å²) in [6.07, 6.45) is -4.26. The second-order valence-corrected chi connectivity index (χ2v) is 4.18. The van der Waals surface area contributed by atoms with Crippen LogP contribution in [-0.4, -0.2) is 11.9 Å². The van der Waals surface area contributed by atoms with E-state index in [1.165, 1.54) is 12.1 Å². The number of nitrogens with two attached hydrogens (primary N) is 2. The van der Waals surface area contributed by atoms with E-state index in [2.05, 4.69) is 4.99 Å². The molecule has 1 aromatic carbocycles. The van der Waals surface area contributed by atoms with E-state index in [0.717, 1.165) is 12.1 Å². The number of guanidine groups is 1. The van der Waals surface area contributed by atoms with Gasteiger partial charge in [0.25, 0.3) is 5.91 Å². The fourth-order valence-corrected chi connectivity index (χ4v) is 1.55. The van der Waals surface area contributed by atoms with E-state index in [1.807, 2.05) is 0 Å². The van der Waals surface area contributed by atoms with Crippen molar-refractivity contribution in [2.45, 2.75) is 19.5 Å². The van der Waals surface area contributed by atoms with Gasteiger partial charge in [-0.15, -0.1) is 0 Å². The quantitative estimate of drug-likeness (QED) is 0.649. The Hall–Kier alpha value is -2.05. The van der Waals surface area contributed by atoms with Crippen LogP contribution in [0.25, 0.3) is 0 Å². The molecule has 0 aliphatic heterocycles. The first kappa shape index (κ1) is 15.0. The molecule has 7 heteroatoms.